The number of rotatable bonds is 3. The first-order valence-corrected chi connectivity index (χ1v) is 7.85. The average molecular weight is 286 g/mol. The van der Waals surface area contributed by atoms with Crippen molar-refractivity contribution in [1.82, 2.24) is 4.98 Å². The fourth-order valence-electron chi connectivity index (χ4n) is 2.48. The zero-order chi connectivity index (χ0) is 13.9. The number of anilines is 1. The lowest BCUT2D eigenvalue weighted by atomic mass is 10.0. The summed E-state index contributed by atoms with van der Waals surface area (Å²) in [6.07, 6.45) is 5.08. The molecule has 1 heterocycles. The summed E-state index contributed by atoms with van der Waals surface area (Å²) in [6.45, 7) is 0. The molecule has 0 atom stereocenters. The molecule has 4 heteroatoms. The molecule has 3 nitrogen and oxygen atoms in total. The van der Waals surface area contributed by atoms with Crippen molar-refractivity contribution in [2.24, 2.45) is 0 Å². The van der Waals surface area contributed by atoms with E-state index >= 15 is 0 Å². The molecule has 0 unspecified atom stereocenters. The van der Waals surface area contributed by atoms with Gasteiger partial charge in [-0.2, -0.15) is 0 Å². The molecule has 0 fully saturated rings. The van der Waals surface area contributed by atoms with Crippen LogP contribution in [0.5, 0.6) is 0 Å². The molecule has 20 heavy (non-hydrogen) atoms. The van der Waals surface area contributed by atoms with E-state index in [0.717, 1.165) is 23.5 Å². The van der Waals surface area contributed by atoms with Crippen LogP contribution >= 0.6 is 11.3 Å². The van der Waals surface area contributed by atoms with Crippen molar-refractivity contribution in [3.63, 3.8) is 0 Å². The maximum Gasteiger partial charge on any atom is 0.232 e. The highest BCUT2D eigenvalue weighted by Crippen LogP contribution is 2.31. The number of benzene rings is 1. The molecule has 1 aromatic carbocycles. The lowest BCUT2D eigenvalue weighted by molar-refractivity contribution is -0.117. The number of hydrogen-bond donors (Lipinski definition) is 0. The van der Waals surface area contributed by atoms with Crippen molar-refractivity contribution in [2.45, 2.75) is 32.1 Å². The smallest absolute Gasteiger partial charge is 0.232 e. The number of fused-ring (bicyclic) bond motifs is 1. The van der Waals surface area contributed by atoms with Gasteiger partial charge in [-0.05, 0) is 31.2 Å². The van der Waals surface area contributed by atoms with Crippen molar-refractivity contribution in [2.75, 3.05) is 11.9 Å². The second-order valence-corrected chi connectivity index (χ2v) is 6.25. The third kappa shape index (κ3) is 2.75. The summed E-state index contributed by atoms with van der Waals surface area (Å²) in [5.74, 6) is 0.0993. The van der Waals surface area contributed by atoms with Gasteiger partial charge >= 0.3 is 0 Å². The Balaban J connectivity index is 1.73. The predicted octanol–water partition coefficient (Wildman–Crippen LogP) is 3.23. The van der Waals surface area contributed by atoms with E-state index < -0.39 is 0 Å². The van der Waals surface area contributed by atoms with E-state index in [0.29, 0.717) is 6.42 Å². The number of likely N-dealkylation sites (N-methyl/N-ethyl adjacent to an activating group) is 1. The normalized spacial score (nSPS) is 13.8. The van der Waals surface area contributed by atoms with Gasteiger partial charge in [-0.25, -0.2) is 4.98 Å². The minimum Gasteiger partial charge on any atom is -0.291 e. The number of aromatic nitrogens is 1. The molecule has 0 bridgehead atoms. The van der Waals surface area contributed by atoms with E-state index in [4.69, 9.17) is 0 Å². The summed E-state index contributed by atoms with van der Waals surface area (Å²) < 4.78 is 0. The van der Waals surface area contributed by atoms with Crippen molar-refractivity contribution in [3.05, 3.63) is 46.5 Å². The summed E-state index contributed by atoms with van der Waals surface area (Å²) in [7, 11) is 1.83. The molecule has 0 saturated heterocycles. The fraction of sp³-hybridized carbons (Fsp3) is 0.375. The van der Waals surface area contributed by atoms with Gasteiger partial charge in [-0.15, -0.1) is 11.3 Å². The molecule has 0 aliphatic heterocycles. The second-order valence-electron chi connectivity index (χ2n) is 5.19. The number of carbonyl (C=O) groups is 1. The molecule has 2 aromatic rings. The van der Waals surface area contributed by atoms with Crippen LogP contribution in [0, 0.1) is 0 Å². The van der Waals surface area contributed by atoms with Crippen molar-refractivity contribution in [3.8, 4) is 0 Å². The Morgan fingerprint density at radius 2 is 2.00 bits per heavy atom. The minimum atomic E-state index is 0.0993. The number of nitrogens with zero attached hydrogens (tertiary/aromatic N) is 2. The summed E-state index contributed by atoms with van der Waals surface area (Å²) in [5.41, 5.74) is 2.25. The van der Waals surface area contributed by atoms with Gasteiger partial charge in [-0.1, -0.05) is 30.3 Å². The monoisotopic (exact) mass is 286 g/mol. The zero-order valence-corrected chi connectivity index (χ0v) is 12.4. The largest absolute Gasteiger partial charge is 0.291 e. The van der Waals surface area contributed by atoms with Gasteiger partial charge in [0.25, 0.3) is 0 Å². The second kappa shape index (κ2) is 5.75. The predicted molar refractivity (Wildman–Crippen MR) is 82.3 cm³/mol. The van der Waals surface area contributed by atoms with E-state index in [1.807, 2.05) is 37.4 Å². The molecule has 1 aromatic heterocycles. The number of thiazole rings is 1. The zero-order valence-electron chi connectivity index (χ0n) is 11.6. The highest BCUT2D eigenvalue weighted by atomic mass is 32.1. The van der Waals surface area contributed by atoms with Crippen LogP contribution < -0.4 is 4.90 Å². The fourth-order valence-corrected chi connectivity index (χ4v) is 3.60. The van der Waals surface area contributed by atoms with Crippen molar-refractivity contribution < 1.29 is 4.79 Å². The van der Waals surface area contributed by atoms with Crippen LogP contribution in [0.1, 0.15) is 29.0 Å². The van der Waals surface area contributed by atoms with E-state index in [2.05, 4.69) is 4.98 Å². The molecule has 1 aliphatic carbocycles. The topological polar surface area (TPSA) is 33.2 Å². The Morgan fingerprint density at radius 1 is 1.25 bits per heavy atom. The quantitative estimate of drug-likeness (QED) is 0.868. The van der Waals surface area contributed by atoms with Crippen LogP contribution in [-0.4, -0.2) is 17.9 Å². The van der Waals surface area contributed by atoms with E-state index in [-0.39, 0.29) is 5.91 Å². The molecule has 3 rings (SSSR count). The molecule has 1 aliphatic rings. The number of carbonyl (C=O) groups excluding carboxylic acids is 1. The van der Waals surface area contributed by atoms with Crippen LogP contribution in [0.4, 0.5) is 5.13 Å². The first-order valence-electron chi connectivity index (χ1n) is 7.03. The Hall–Kier alpha value is -1.68. The van der Waals surface area contributed by atoms with Crippen LogP contribution in [0.25, 0.3) is 0 Å². The van der Waals surface area contributed by atoms with Gasteiger partial charge in [0.05, 0.1) is 12.1 Å². The van der Waals surface area contributed by atoms with Crippen molar-refractivity contribution in [1.29, 1.82) is 0 Å². The molecule has 104 valence electrons. The SMILES string of the molecule is CN(C(=O)Cc1ccccc1)c1nc2c(s1)CCCC2. The molecule has 0 N–H and O–H groups in total. The van der Waals surface area contributed by atoms with E-state index in [1.54, 1.807) is 16.2 Å². The average Bonchev–Trinajstić information content (AvgIpc) is 2.91. The Bertz CT molecular complexity index is 583. The Kier molecular flexibility index (Phi) is 3.83. The third-order valence-electron chi connectivity index (χ3n) is 3.69. The first kappa shape index (κ1) is 13.3. The number of aryl methyl sites for hydroxylation is 2. The van der Waals surface area contributed by atoms with Gasteiger partial charge in [0, 0.05) is 11.9 Å². The number of amides is 1. The first-order chi connectivity index (χ1) is 9.74. The summed E-state index contributed by atoms with van der Waals surface area (Å²) in [5, 5.41) is 0.845. The number of hydrogen-bond acceptors (Lipinski definition) is 3. The van der Waals surface area contributed by atoms with Crippen LogP contribution in [0.15, 0.2) is 30.3 Å². The molecule has 0 spiro atoms. The maximum atomic E-state index is 12.3. The highest BCUT2D eigenvalue weighted by Gasteiger charge is 2.20. The molecular weight excluding hydrogens is 268 g/mol. The summed E-state index contributed by atoms with van der Waals surface area (Å²) >= 11 is 1.68. The van der Waals surface area contributed by atoms with Crippen LogP contribution in [0.3, 0.4) is 0 Å². The summed E-state index contributed by atoms with van der Waals surface area (Å²) in [6, 6.07) is 9.86. The lowest BCUT2D eigenvalue weighted by Gasteiger charge is -2.13. The summed E-state index contributed by atoms with van der Waals surface area (Å²) in [4.78, 5) is 20.0. The standard InChI is InChI=1S/C16H18N2OS/c1-18(15(19)11-12-7-3-2-4-8-12)16-17-13-9-5-6-10-14(13)20-16/h2-4,7-8H,5-6,9-11H2,1H3. The molecule has 0 radical (unpaired) electrons. The van der Waals surface area contributed by atoms with Crippen molar-refractivity contribution >= 4 is 22.4 Å². The minimum absolute atomic E-state index is 0.0993. The van der Waals surface area contributed by atoms with Crippen LogP contribution in [-0.2, 0) is 24.1 Å². The van der Waals surface area contributed by atoms with Crippen LogP contribution in [0.2, 0.25) is 0 Å². The highest BCUT2D eigenvalue weighted by molar-refractivity contribution is 7.15. The van der Waals surface area contributed by atoms with Gasteiger partial charge in [-0.3, -0.25) is 9.69 Å². The Labute approximate surface area is 123 Å². The lowest BCUT2D eigenvalue weighted by Crippen LogP contribution is -2.27. The van der Waals surface area contributed by atoms with Gasteiger partial charge < -0.3 is 0 Å². The molecule has 0 saturated carbocycles. The van der Waals surface area contributed by atoms with Gasteiger partial charge in [0.1, 0.15) is 0 Å². The van der Waals surface area contributed by atoms with E-state index in [1.165, 1.54) is 23.4 Å². The van der Waals surface area contributed by atoms with Gasteiger partial charge in [0.2, 0.25) is 5.91 Å². The maximum absolute atomic E-state index is 12.3. The van der Waals surface area contributed by atoms with E-state index in [9.17, 15) is 4.79 Å². The third-order valence-corrected chi connectivity index (χ3v) is 4.93. The molecule has 1 amide bonds. The molecular formula is C16H18N2OS. The Morgan fingerprint density at radius 3 is 2.75 bits per heavy atom. The van der Waals surface area contributed by atoms with Gasteiger partial charge in [0.15, 0.2) is 5.13 Å².